The van der Waals surface area contributed by atoms with Crippen molar-refractivity contribution in [3.05, 3.63) is 12.2 Å². The van der Waals surface area contributed by atoms with E-state index in [4.69, 9.17) is 9.05 Å². The van der Waals surface area contributed by atoms with Gasteiger partial charge in [0.05, 0.1) is 39.9 Å². The molecule has 0 aromatic rings. The lowest BCUT2D eigenvalue weighted by Crippen LogP contribution is -2.45. The van der Waals surface area contributed by atoms with Crippen LogP contribution in [0.3, 0.4) is 0 Å². The van der Waals surface area contributed by atoms with E-state index in [0.717, 1.165) is 19.3 Å². The molecule has 8 nitrogen and oxygen atoms in total. The van der Waals surface area contributed by atoms with Gasteiger partial charge in [-0.2, -0.15) is 0 Å². The van der Waals surface area contributed by atoms with Gasteiger partial charge in [0.15, 0.2) is 0 Å². The number of quaternary nitrogens is 1. The summed E-state index contributed by atoms with van der Waals surface area (Å²) in [5, 5.41) is 12.9. The van der Waals surface area contributed by atoms with E-state index in [-0.39, 0.29) is 12.5 Å². The van der Waals surface area contributed by atoms with Crippen molar-refractivity contribution in [2.45, 2.75) is 77.4 Å². The van der Waals surface area contributed by atoms with Crippen molar-refractivity contribution in [2.75, 3.05) is 40.9 Å². The number of unbranched alkanes of at least 4 members (excludes halogenated alkanes) is 7. The van der Waals surface area contributed by atoms with Gasteiger partial charge in [-0.15, -0.1) is 0 Å². The summed E-state index contributed by atoms with van der Waals surface area (Å²) in [4.78, 5) is 23.3. The lowest BCUT2D eigenvalue weighted by Gasteiger charge is -2.29. The quantitative estimate of drug-likeness (QED) is 0.144. The van der Waals surface area contributed by atoms with Crippen molar-refractivity contribution in [1.82, 2.24) is 5.32 Å². The molecule has 0 rings (SSSR count). The van der Waals surface area contributed by atoms with Gasteiger partial charge >= 0.3 is 0 Å². The highest BCUT2D eigenvalue weighted by Gasteiger charge is 2.22. The SMILES string of the molecule is CCCCCCCCC/C=C/C(O)C(COP(=O)([O-])OCC[N+](C)(C)C)NC(C)=O. The van der Waals surface area contributed by atoms with Gasteiger partial charge < -0.3 is 28.8 Å². The van der Waals surface area contributed by atoms with Crippen molar-refractivity contribution < 1.29 is 32.9 Å². The molecular formula is C21H43N2O6P. The Morgan fingerprint density at radius 2 is 1.73 bits per heavy atom. The van der Waals surface area contributed by atoms with E-state index in [2.05, 4.69) is 12.2 Å². The van der Waals surface area contributed by atoms with Crippen molar-refractivity contribution >= 4 is 13.7 Å². The van der Waals surface area contributed by atoms with Crippen LogP contribution in [0.2, 0.25) is 0 Å². The van der Waals surface area contributed by atoms with Crippen molar-refractivity contribution in [1.29, 1.82) is 0 Å². The summed E-state index contributed by atoms with van der Waals surface area (Å²) in [6, 6.07) is -0.878. The molecule has 0 radical (unpaired) electrons. The summed E-state index contributed by atoms with van der Waals surface area (Å²) in [6.45, 7) is 3.60. The second-order valence-corrected chi connectivity index (χ2v) is 10.1. The average molecular weight is 451 g/mol. The first kappa shape index (κ1) is 29.2. The lowest BCUT2D eigenvalue weighted by molar-refractivity contribution is -0.870. The third-order valence-electron chi connectivity index (χ3n) is 4.53. The van der Waals surface area contributed by atoms with Gasteiger partial charge in [0.2, 0.25) is 5.91 Å². The van der Waals surface area contributed by atoms with Crippen LogP contribution in [0, 0.1) is 0 Å². The van der Waals surface area contributed by atoms with E-state index in [1.165, 1.54) is 39.0 Å². The number of phosphoric ester groups is 1. The highest BCUT2D eigenvalue weighted by molar-refractivity contribution is 7.45. The maximum absolute atomic E-state index is 11.9. The number of nitrogens with one attached hydrogen (secondary N) is 1. The lowest BCUT2D eigenvalue weighted by atomic mass is 10.1. The van der Waals surface area contributed by atoms with Crippen LogP contribution in [0.4, 0.5) is 0 Å². The third-order valence-corrected chi connectivity index (χ3v) is 5.50. The van der Waals surface area contributed by atoms with E-state index < -0.39 is 26.6 Å². The molecule has 0 fully saturated rings. The molecule has 0 saturated heterocycles. The molecule has 0 aliphatic heterocycles. The molecule has 30 heavy (non-hydrogen) atoms. The van der Waals surface area contributed by atoms with Gasteiger partial charge in [0.25, 0.3) is 7.82 Å². The zero-order valence-electron chi connectivity index (χ0n) is 19.5. The molecule has 3 atom stereocenters. The maximum Gasteiger partial charge on any atom is 0.268 e. The molecule has 0 bridgehead atoms. The van der Waals surface area contributed by atoms with Gasteiger partial charge in [-0.25, -0.2) is 0 Å². The number of amides is 1. The van der Waals surface area contributed by atoms with E-state index in [1.807, 2.05) is 27.2 Å². The Hall–Kier alpha value is -0.760. The van der Waals surface area contributed by atoms with Gasteiger partial charge in [0, 0.05) is 6.92 Å². The van der Waals surface area contributed by atoms with Crippen LogP contribution in [-0.2, 0) is 18.4 Å². The van der Waals surface area contributed by atoms with Crippen molar-refractivity contribution in [3.8, 4) is 0 Å². The molecule has 178 valence electrons. The van der Waals surface area contributed by atoms with Crippen LogP contribution in [0.1, 0.15) is 65.2 Å². The molecule has 0 aliphatic rings. The smallest absolute Gasteiger partial charge is 0.268 e. The molecule has 0 aliphatic carbocycles. The minimum Gasteiger partial charge on any atom is -0.756 e. The predicted octanol–water partition coefficient (Wildman–Crippen LogP) is 2.76. The Kier molecular flexibility index (Phi) is 15.6. The fourth-order valence-electron chi connectivity index (χ4n) is 2.71. The van der Waals surface area contributed by atoms with Gasteiger partial charge in [-0.3, -0.25) is 9.36 Å². The van der Waals surface area contributed by atoms with E-state index in [0.29, 0.717) is 11.0 Å². The zero-order valence-corrected chi connectivity index (χ0v) is 20.4. The molecular weight excluding hydrogens is 407 g/mol. The van der Waals surface area contributed by atoms with Gasteiger partial charge in [0.1, 0.15) is 13.2 Å². The Morgan fingerprint density at radius 3 is 2.30 bits per heavy atom. The molecule has 0 aromatic carbocycles. The van der Waals surface area contributed by atoms with Crippen LogP contribution in [0.25, 0.3) is 0 Å². The largest absolute Gasteiger partial charge is 0.756 e. The normalized spacial score (nSPS) is 16.4. The number of phosphoric acid groups is 1. The van der Waals surface area contributed by atoms with Gasteiger partial charge in [-0.05, 0) is 12.8 Å². The molecule has 0 saturated carbocycles. The van der Waals surface area contributed by atoms with Crippen LogP contribution in [-0.4, -0.2) is 68.5 Å². The summed E-state index contributed by atoms with van der Waals surface area (Å²) in [6.07, 6.45) is 11.7. The highest BCUT2D eigenvalue weighted by atomic mass is 31.2. The van der Waals surface area contributed by atoms with Crippen LogP contribution in [0.5, 0.6) is 0 Å². The number of hydrogen-bond donors (Lipinski definition) is 2. The number of allylic oxidation sites excluding steroid dienone is 1. The minimum atomic E-state index is -4.51. The summed E-state index contributed by atoms with van der Waals surface area (Å²) in [7, 11) is 1.24. The first-order valence-electron chi connectivity index (χ1n) is 11.0. The standard InChI is InChI=1S/C21H43N2O6P/c1-6-7-8-9-10-11-12-13-14-15-21(25)20(22-19(2)24)18-29-30(26,27)28-17-16-23(3,4)5/h14-15,20-21,25H,6-13,16-18H2,1-5H3,(H-,22,24,26,27)/b15-14+. The molecule has 0 heterocycles. The number of carbonyl (C=O) groups excluding carboxylic acids is 1. The van der Waals surface area contributed by atoms with E-state index in [9.17, 15) is 19.4 Å². The number of aliphatic hydroxyl groups excluding tert-OH is 1. The Bertz CT molecular complexity index is 536. The van der Waals surface area contributed by atoms with Crippen LogP contribution < -0.4 is 10.2 Å². The van der Waals surface area contributed by atoms with Crippen LogP contribution in [0.15, 0.2) is 12.2 Å². The third kappa shape index (κ3) is 18.0. The second-order valence-electron chi connectivity index (χ2n) is 8.73. The summed E-state index contributed by atoms with van der Waals surface area (Å²) in [5.41, 5.74) is 0. The minimum absolute atomic E-state index is 0.00399. The summed E-state index contributed by atoms with van der Waals surface area (Å²) < 4.78 is 22.2. The fourth-order valence-corrected chi connectivity index (χ4v) is 3.43. The van der Waals surface area contributed by atoms with Crippen LogP contribution >= 0.6 is 7.82 Å². The number of likely N-dealkylation sites (N-methyl/N-ethyl adjacent to an activating group) is 1. The zero-order chi connectivity index (χ0) is 23.0. The fraction of sp³-hybridized carbons (Fsp3) is 0.857. The number of carbonyl (C=O) groups is 1. The van der Waals surface area contributed by atoms with Gasteiger partial charge in [-0.1, -0.05) is 57.6 Å². The Labute approximate surface area is 182 Å². The molecule has 9 heteroatoms. The molecule has 0 aromatic heterocycles. The number of hydrogen-bond acceptors (Lipinski definition) is 6. The summed E-state index contributed by atoms with van der Waals surface area (Å²) in [5.74, 6) is -0.380. The topological polar surface area (TPSA) is 108 Å². The molecule has 3 unspecified atom stereocenters. The van der Waals surface area contributed by atoms with Crippen molar-refractivity contribution in [2.24, 2.45) is 0 Å². The Morgan fingerprint density at radius 1 is 1.13 bits per heavy atom. The average Bonchev–Trinajstić information content (AvgIpc) is 2.62. The first-order chi connectivity index (χ1) is 14.0. The van der Waals surface area contributed by atoms with E-state index in [1.54, 1.807) is 6.08 Å². The highest BCUT2D eigenvalue weighted by Crippen LogP contribution is 2.38. The van der Waals surface area contributed by atoms with Crippen molar-refractivity contribution in [3.63, 3.8) is 0 Å². The molecule has 0 spiro atoms. The predicted molar refractivity (Wildman–Crippen MR) is 118 cm³/mol. The molecule has 1 amide bonds. The van der Waals surface area contributed by atoms with E-state index >= 15 is 0 Å². The maximum atomic E-state index is 11.9. The number of aliphatic hydroxyl groups is 1. The second kappa shape index (κ2) is 16.0. The molecule has 2 N–H and O–H groups in total. The summed E-state index contributed by atoms with van der Waals surface area (Å²) >= 11 is 0. The Balaban J connectivity index is 4.37. The monoisotopic (exact) mass is 450 g/mol. The first-order valence-corrected chi connectivity index (χ1v) is 12.5. The number of rotatable bonds is 18. The number of nitrogens with zero attached hydrogens (tertiary/aromatic N) is 1.